The van der Waals surface area contributed by atoms with Crippen LogP contribution in [0.4, 0.5) is 35.2 Å². The molecule has 6 heterocycles. The van der Waals surface area contributed by atoms with Crippen LogP contribution in [-0.4, -0.2) is 63.1 Å². The molecule has 0 fully saturated rings. The number of nitrogens with two attached hydrogens (primary N) is 2. The van der Waals surface area contributed by atoms with Gasteiger partial charge in [0.2, 0.25) is 37.4 Å². The van der Waals surface area contributed by atoms with Gasteiger partial charge in [-0.1, -0.05) is 11.6 Å². The van der Waals surface area contributed by atoms with Crippen LogP contribution in [0.2, 0.25) is 5.15 Å². The summed E-state index contributed by atoms with van der Waals surface area (Å²) in [6.07, 6.45) is 4.35. The lowest BCUT2D eigenvalue weighted by Crippen LogP contribution is -2.04. The highest BCUT2D eigenvalue weighted by Crippen LogP contribution is 2.36. The molecule has 6 N–H and O–H groups in total. The summed E-state index contributed by atoms with van der Waals surface area (Å²) in [6, 6.07) is 14.1. The highest BCUT2D eigenvalue weighted by molar-refractivity contribution is 6.29. The van der Waals surface area contributed by atoms with Gasteiger partial charge in [0.05, 0.1) is 0 Å². The fourth-order valence-electron chi connectivity index (χ4n) is 4.15. The Morgan fingerprint density at radius 2 is 1.20 bits per heavy atom. The Kier molecular flexibility index (Phi) is 7.12. The molecule has 0 radical (unpaired) electrons. The van der Waals surface area contributed by atoms with Gasteiger partial charge in [-0.15, -0.1) is 10.2 Å². The zero-order valence-corrected chi connectivity index (χ0v) is 23.7. The zero-order valence-electron chi connectivity index (χ0n) is 22.9. The van der Waals surface area contributed by atoms with Crippen LogP contribution in [0.5, 0.6) is 23.0 Å². The second-order valence-corrected chi connectivity index (χ2v) is 9.45. The summed E-state index contributed by atoms with van der Waals surface area (Å²) >= 11 is 5.84. The molecule has 0 aliphatic carbocycles. The van der Waals surface area contributed by atoms with Gasteiger partial charge in [-0.3, -0.25) is 0 Å². The molecule has 8 rings (SSSR count). The van der Waals surface area contributed by atoms with Crippen LogP contribution in [0.25, 0.3) is 11.6 Å². The second kappa shape index (κ2) is 11.7. The smallest absolute Gasteiger partial charge is 0.248 e. The lowest BCUT2D eigenvalue weighted by molar-refractivity contribution is 0.173. The van der Waals surface area contributed by atoms with Gasteiger partial charge in [-0.25, -0.2) is 19.9 Å². The number of anilines is 6. The number of aromatic nitrogens is 10. The van der Waals surface area contributed by atoms with Crippen molar-refractivity contribution in [2.24, 2.45) is 0 Å². The van der Waals surface area contributed by atoms with Crippen molar-refractivity contribution in [3.8, 4) is 34.6 Å². The van der Waals surface area contributed by atoms with Gasteiger partial charge in [0.25, 0.3) is 0 Å². The van der Waals surface area contributed by atoms with Crippen molar-refractivity contribution in [2.45, 2.75) is 0 Å². The van der Waals surface area contributed by atoms with Gasteiger partial charge in [-0.2, -0.15) is 19.3 Å². The van der Waals surface area contributed by atoms with Crippen LogP contribution < -0.4 is 41.0 Å². The first-order valence-corrected chi connectivity index (χ1v) is 13.4. The van der Waals surface area contributed by atoms with Crippen LogP contribution >= 0.6 is 11.6 Å². The van der Waals surface area contributed by atoms with Crippen molar-refractivity contribution in [1.82, 2.24) is 49.5 Å². The van der Waals surface area contributed by atoms with Gasteiger partial charge in [0.1, 0.15) is 17.8 Å². The molecule has 2 aliphatic rings. The van der Waals surface area contributed by atoms with E-state index in [0.29, 0.717) is 46.5 Å². The van der Waals surface area contributed by atoms with Crippen molar-refractivity contribution in [3.05, 3.63) is 72.5 Å². The summed E-state index contributed by atoms with van der Waals surface area (Å²) in [4.78, 5) is 24.1. The van der Waals surface area contributed by atoms with E-state index in [1.54, 1.807) is 24.4 Å². The molecule has 19 heteroatoms. The van der Waals surface area contributed by atoms with E-state index in [2.05, 4.69) is 50.7 Å². The zero-order chi connectivity index (χ0) is 30.8. The average molecular weight is 629 g/mol. The molecule has 226 valence electrons. The molecule has 4 aromatic heterocycles. The van der Waals surface area contributed by atoms with Gasteiger partial charge in [-0.05, 0) is 24.3 Å². The number of fused-ring (bicyclic) bond motifs is 2. The quantitative estimate of drug-likeness (QED) is 0.194. The largest absolute Gasteiger partial charge is 0.454 e. The number of nitrogen functional groups attached to an aromatic ring is 2. The van der Waals surface area contributed by atoms with E-state index in [1.165, 1.54) is 28.1 Å². The Balaban J connectivity index is 0.000000145. The van der Waals surface area contributed by atoms with Gasteiger partial charge in [0.15, 0.2) is 34.6 Å². The SMILES string of the molecule is Nc1nc(Nc2ccc3c(c2)OCO3)nn1-c1cc(Cl)ncn1.Nc1nc(Nc2ccc3c(c2)OCO3)nn1-c1ccncn1. The second-order valence-electron chi connectivity index (χ2n) is 9.06. The molecule has 2 aliphatic heterocycles. The highest BCUT2D eigenvalue weighted by Gasteiger charge is 2.17. The van der Waals surface area contributed by atoms with E-state index in [4.69, 9.17) is 42.0 Å². The predicted octanol–water partition coefficient (Wildman–Crippen LogP) is 2.88. The number of hydrogen-bond donors (Lipinski definition) is 4. The first-order chi connectivity index (χ1) is 22.0. The maximum Gasteiger partial charge on any atom is 0.248 e. The molecule has 0 saturated heterocycles. The minimum Gasteiger partial charge on any atom is -0.454 e. The first kappa shape index (κ1) is 27.4. The maximum atomic E-state index is 5.87. The molecule has 0 atom stereocenters. The minimum atomic E-state index is 0.169. The number of hydrogen-bond acceptors (Lipinski definition) is 16. The Morgan fingerprint density at radius 3 is 1.76 bits per heavy atom. The summed E-state index contributed by atoms with van der Waals surface area (Å²) in [5.74, 6) is 4.77. The average Bonchev–Trinajstić information content (AvgIpc) is 3.85. The normalized spacial score (nSPS) is 12.4. The summed E-state index contributed by atoms with van der Waals surface area (Å²) in [6.45, 7) is 0.444. The Bertz CT molecular complexity index is 1990. The Morgan fingerprint density at radius 1 is 0.644 bits per heavy atom. The van der Waals surface area contributed by atoms with Gasteiger partial charge >= 0.3 is 0 Å². The molecule has 0 saturated carbocycles. The molecule has 45 heavy (non-hydrogen) atoms. The molecule has 0 amide bonds. The van der Waals surface area contributed by atoms with Gasteiger partial charge < -0.3 is 41.0 Å². The molecule has 2 aromatic carbocycles. The number of benzene rings is 2. The topological polar surface area (TPSA) is 226 Å². The molecule has 18 nitrogen and oxygen atoms in total. The van der Waals surface area contributed by atoms with Crippen molar-refractivity contribution in [2.75, 3.05) is 35.7 Å². The lowest BCUT2D eigenvalue weighted by Gasteiger charge is -2.03. The number of halogens is 1. The van der Waals surface area contributed by atoms with Gasteiger partial charge in [0, 0.05) is 41.8 Å². The fourth-order valence-corrected chi connectivity index (χ4v) is 4.29. The third-order valence-corrected chi connectivity index (χ3v) is 6.35. The standard InChI is InChI=1S/C13H10ClN7O2.C13H11N7O2/c14-10-4-11(17-5-16-10)21-12(15)19-13(20-21)18-7-1-2-8-9(3-7)23-6-22-8;14-12-18-13(19-20(12)11-3-4-15-6-16-11)17-8-1-2-9-10(5-8)22-7-21-9/h1-5H,6H2,(H3,15,18,19,20);1-6H,7H2,(H3,14,17,18,19). The van der Waals surface area contributed by atoms with E-state index in [1.807, 2.05) is 24.3 Å². The molecule has 0 unspecified atom stereocenters. The minimum absolute atomic E-state index is 0.169. The number of rotatable bonds is 6. The van der Waals surface area contributed by atoms with Crippen LogP contribution in [-0.2, 0) is 0 Å². The van der Waals surface area contributed by atoms with Crippen molar-refractivity contribution >= 4 is 46.8 Å². The molecular formula is C26H21ClN14O4. The van der Waals surface area contributed by atoms with E-state index in [9.17, 15) is 0 Å². The molecule has 0 bridgehead atoms. The number of ether oxygens (including phenoxy) is 4. The number of nitrogens with one attached hydrogen (secondary N) is 2. The Hall–Kier alpha value is -6.43. The molecular weight excluding hydrogens is 608 g/mol. The van der Waals surface area contributed by atoms with Crippen molar-refractivity contribution in [3.63, 3.8) is 0 Å². The fraction of sp³-hybridized carbons (Fsp3) is 0.0769. The monoisotopic (exact) mass is 628 g/mol. The third kappa shape index (κ3) is 5.92. The highest BCUT2D eigenvalue weighted by atomic mass is 35.5. The van der Waals surface area contributed by atoms with Crippen LogP contribution in [0.3, 0.4) is 0 Å². The first-order valence-electron chi connectivity index (χ1n) is 13.0. The van der Waals surface area contributed by atoms with E-state index < -0.39 is 0 Å². The van der Waals surface area contributed by atoms with Crippen LogP contribution in [0.15, 0.2) is 67.4 Å². The maximum absolute atomic E-state index is 5.87. The summed E-state index contributed by atoms with van der Waals surface area (Å²) in [7, 11) is 0. The van der Waals surface area contributed by atoms with Crippen molar-refractivity contribution in [1.29, 1.82) is 0 Å². The summed E-state index contributed by atoms with van der Waals surface area (Å²) < 4.78 is 24.0. The summed E-state index contributed by atoms with van der Waals surface area (Å²) in [5, 5.41) is 14.9. The van der Waals surface area contributed by atoms with E-state index in [0.717, 1.165) is 11.4 Å². The molecule has 0 spiro atoms. The predicted molar refractivity (Wildman–Crippen MR) is 159 cm³/mol. The molecule has 6 aromatic rings. The lowest BCUT2D eigenvalue weighted by atomic mass is 10.3. The van der Waals surface area contributed by atoms with Crippen LogP contribution in [0, 0.1) is 0 Å². The van der Waals surface area contributed by atoms with Crippen molar-refractivity contribution < 1.29 is 18.9 Å². The van der Waals surface area contributed by atoms with E-state index in [-0.39, 0.29) is 30.6 Å². The Labute approximate surface area is 258 Å². The summed E-state index contributed by atoms with van der Waals surface area (Å²) in [5.41, 5.74) is 13.2. The van der Waals surface area contributed by atoms with E-state index >= 15 is 0 Å². The third-order valence-electron chi connectivity index (χ3n) is 6.14. The number of nitrogens with zero attached hydrogens (tertiary/aromatic N) is 10. The van der Waals surface area contributed by atoms with Crippen LogP contribution in [0.1, 0.15) is 0 Å².